The first kappa shape index (κ1) is 17.0. The molecule has 0 aliphatic heterocycles. The average molecular weight is 246 g/mol. The molecule has 0 aromatic heterocycles. The molecule has 0 bridgehead atoms. The maximum absolute atomic E-state index is 10.2. The van der Waals surface area contributed by atoms with Crippen LogP contribution >= 0.6 is 0 Å². The molecule has 0 heterocycles. The van der Waals surface area contributed by atoms with Crippen LogP contribution in [0, 0.1) is 0 Å². The van der Waals surface area contributed by atoms with Gasteiger partial charge in [-0.15, -0.1) is 0 Å². The molecule has 0 radical (unpaired) electrons. The van der Waals surface area contributed by atoms with Gasteiger partial charge in [0.05, 0.1) is 0 Å². The normalized spacial score (nSPS) is 8.07. The molecule has 0 aromatic rings. The molecule has 0 spiro atoms. The van der Waals surface area contributed by atoms with Crippen LogP contribution in [-0.4, -0.2) is 97.8 Å². The van der Waals surface area contributed by atoms with Crippen LogP contribution in [0.2, 0.25) is 0 Å². The van der Waals surface area contributed by atoms with E-state index in [-0.39, 0.29) is 51.4 Å². The maximum atomic E-state index is 10.2. The van der Waals surface area contributed by atoms with Crippen LogP contribution in [0.1, 0.15) is 0 Å². The Hall–Kier alpha value is -0.459. The zero-order chi connectivity index (χ0) is 11.3. The van der Waals surface area contributed by atoms with Gasteiger partial charge in [0.25, 0.3) is 0 Å². The van der Waals surface area contributed by atoms with Crippen molar-refractivity contribution in [3.05, 3.63) is 0 Å². The van der Waals surface area contributed by atoms with E-state index in [2.05, 4.69) is 9.31 Å². The van der Waals surface area contributed by atoms with Crippen LogP contribution < -0.4 is 0 Å². The van der Waals surface area contributed by atoms with Crippen molar-refractivity contribution in [2.24, 2.45) is 0 Å². The Kier molecular flexibility index (Phi) is 8.80. The van der Waals surface area contributed by atoms with Gasteiger partial charge < -0.3 is 24.5 Å². The molecule has 15 heavy (non-hydrogen) atoms. The van der Waals surface area contributed by atoms with Crippen LogP contribution in [0.15, 0.2) is 0 Å². The molecule has 0 atom stereocenters. The summed E-state index contributed by atoms with van der Waals surface area (Å²) in [5, 5.41) is 24.3. The third kappa shape index (κ3) is 7.47. The fourth-order valence-electron chi connectivity index (χ4n) is 0.308. The summed E-state index contributed by atoms with van der Waals surface area (Å²) in [6.07, 6.45) is 0. The molecule has 0 saturated carbocycles. The summed E-state index contributed by atoms with van der Waals surface area (Å²) in [6, 6.07) is 0. The number of carbonyl (C=O) groups excluding carboxylic acids is 2. The molecule has 11 heteroatoms. The first-order valence-corrected chi connectivity index (χ1v) is 2.90. The van der Waals surface area contributed by atoms with Gasteiger partial charge in [0.15, 0.2) is 0 Å². The van der Waals surface area contributed by atoms with Crippen LogP contribution in [0.25, 0.3) is 0 Å². The van der Waals surface area contributed by atoms with Crippen LogP contribution in [0.5, 0.6) is 0 Å². The van der Waals surface area contributed by atoms with Crippen LogP contribution in [-0.2, 0) is 28.5 Å². The Bertz CT molecular complexity index is 260. The van der Waals surface area contributed by atoms with Gasteiger partial charge in [0, 0.05) is 0 Å². The molecule has 3 N–H and O–H groups in total. The van der Waals surface area contributed by atoms with Gasteiger partial charge in [-0.1, -0.05) is 0 Å². The van der Waals surface area contributed by atoms with Gasteiger partial charge >= 0.3 is 82.6 Å². The quantitative estimate of drug-likeness (QED) is 0.334. The van der Waals surface area contributed by atoms with E-state index in [1.54, 1.807) is 0 Å². The molecule has 0 aromatic carbocycles. The molecular weight excluding hydrogens is 242 g/mol. The summed E-state index contributed by atoms with van der Waals surface area (Å²) in [4.78, 5) is 40.0. The number of carboxylic acids is 2. The van der Waals surface area contributed by atoms with Gasteiger partial charge in [-0.3, -0.25) is 0 Å². The third-order valence-electron chi connectivity index (χ3n) is 0.765. The second-order valence-corrected chi connectivity index (χ2v) is 1.73. The molecule has 0 fully saturated rings. The van der Waals surface area contributed by atoms with Crippen molar-refractivity contribution in [1.82, 2.24) is 0 Å². The van der Waals surface area contributed by atoms with Gasteiger partial charge in [-0.2, -0.15) is 0 Å². The minimum atomic E-state index is -2.57. The first-order chi connectivity index (χ1) is 6.34. The topological polar surface area (TPSA) is 147 Å². The third-order valence-corrected chi connectivity index (χ3v) is 0.765. The van der Waals surface area contributed by atoms with Crippen molar-refractivity contribution < 1.29 is 43.7 Å². The number of hydrogen-bond donors (Lipinski definition) is 3. The van der Waals surface area contributed by atoms with E-state index < -0.39 is 31.2 Å². The van der Waals surface area contributed by atoms with Gasteiger partial charge in [-0.05, 0) is 0 Å². The SMILES string of the molecule is O=C(O)C(=O)OB(O)OC(=O)C(=O)O.[KH]. The molecular formula is C4H4BKO9. The van der Waals surface area contributed by atoms with E-state index in [0.29, 0.717) is 0 Å². The molecule has 0 aliphatic rings. The van der Waals surface area contributed by atoms with Crippen molar-refractivity contribution in [1.29, 1.82) is 0 Å². The second-order valence-electron chi connectivity index (χ2n) is 1.73. The van der Waals surface area contributed by atoms with E-state index in [4.69, 9.17) is 15.2 Å². The Labute approximate surface area is 125 Å². The number of aliphatic carboxylic acids is 2. The Morgan fingerprint density at radius 1 is 0.867 bits per heavy atom. The first-order valence-electron chi connectivity index (χ1n) is 2.90. The molecule has 9 nitrogen and oxygen atoms in total. The molecule has 0 rings (SSSR count). The summed E-state index contributed by atoms with van der Waals surface area (Å²) in [5.41, 5.74) is 0. The van der Waals surface area contributed by atoms with Gasteiger partial charge in [0.1, 0.15) is 0 Å². The Morgan fingerprint density at radius 2 is 1.13 bits per heavy atom. The number of carbonyl (C=O) groups is 4. The summed E-state index contributed by atoms with van der Waals surface area (Å²) in [5.74, 6) is -7.85. The molecule has 78 valence electrons. The zero-order valence-corrected chi connectivity index (χ0v) is 6.37. The van der Waals surface area contributed by atoms with Gasteiger partial charge in [-0.25, -0.2) is 19.2 Å². The predicted octanol–water partition coefficient (Wildman–Crippen LogP) is -3.43. The van der Waals surface area contributed by atoms with Crippen molar-refractivity contribution in [3.8, 4) is 0 Å². The molecule has 0 saturated heterocycles. The predicted molar refractivity (Wildman–Crippen MR) is 42.6 cm³/mol. The average Bonchev–Trinajstić information content (AvgIpc) is 2.03. The monoisotopic (exact) mass is 246 g/mol. The van der Waals surface area contributed by atoms with Crippen molar-refractivity contribution in [3.63, 3.8) is 0 Å². The van der Waals surface area contributed by atoms with E-state index in [1.165, 1.54) is 0 Å². The van der Waals surface area contributed by atoms with E-state index >= 15 is 0 Å². The van der Waals surface area contributed by atoms with E-state index in [1.807, 2.05) is 0 Å². The fourth-order valence-corrected chi connectivity index (χ4v) is 0.308. The summed E-state index contributed by atoms with van der Waals surface area (Å²) in [7, 11) is -2.57. The fraction of sp³-hybridized carbons (Fsp3) is 0. The van der Waals surface area contributed by atoms with Crippen LogP contribution in [0.4, 0.5) is 0 Å². The minimum absolute atomic E-state index is 0. The number of rotatable bonds is 2. The molecule has 0 unspecified atom stereocenters. The van der Waals surface area contributed by atoms with E-state index in [9.17, 15) is 19.2 Å². The van der Waals surface area contributed by atoms with Crippen molar-refractivity contribution in [2.75, 3.05) is 0 Å². The Balaban J connectivity index is 0. The van der Waals surface area contributed by atoms with Crippen molar-refractivity contribution in [2.45, 2.75) is 0 Å². The summed E-state index contributed by atoms with van der Waals surface area (Å²) in [6.45, 7) is 0. The van der Waals surface area contributed by atoms with E-state index in [0.717, 1.165) is 0 Å². The second kappa shape index (κ2) is 7.78. The molecule has 0 amide bonds. The zero-order valence-electron chi connectivity index (χ0n) is 6.37. The number of carboxylic acid groups (broad SMARTS) is 2. The van der Waals surface area contributed by atoms with Gasteiger partial charge in [0.2, 0.25) is 0 Å². The Morgan fingerprint density at radius 3 is 1.33 bits per heavy atom. The number of hydrogen-bond acceptors (Lipinski definition) is 7. The summed E-state index contributed by atoms with van der Waals surface area (Å²) < 4.78 is 7.09. The molecule has 0 aliphatic carbocycles. The van der Waals surface area contributed by atoms with Crippen LogP contribution in [0.3, 0.4) is 0 Å². The standard InChI is InChI=1S/C4H3BO9.K.H/c6-1(7)3(10)13-5(12)14-4(11)2(8)9;;/h12H,(H,6,7)(H,8,9);;. The summed E-state index contributed by atoms with van der Waals surface area (Å²) >= 11 is 0. The van der Waals surface area contributed by atoms with Crippen molar-refractivity contribution >= 4 is 82.6 Å².